The highest BCUT2D eigenvalue weighted by Crippen LogP contribution is 2.20. The van der Waals surface area contributed by atoms with Crippen LogP contribution in [0, 0.1) is 6.92 Å². The fraction of sp³-hybridized carbons (Fsp3) is 0.400. The van der Waals surface area contributed by atoms with Gasteiger partial charge in [0.1, 0.15) is 5.75 Å². The van der Waals surface area contributed by atoms with E-state index in [0.717, 1.165) is 23.3 Å². The summed E-state index contributed by atoms with van der Waals surface area (Å²) in [6.45, 7) is 1.45. The van der Waals surface area contributed by atoms with Gasteiger partial charge in [-0.25, -0.2) is 4.98 Å². The normalized spacial score (nSPS) is 11.9. The summed E-state index contributed by atoms with van der Waals surface area (Å²) in [5.74, 6) is 1.28. The van der Waals surface area contributed by atoms with E-state index in [1.807, 2.05) is 19.1 Å². The summed E-state index contributed by atoms with van der Waals surface area (Å²) in [5, 5.41) is 6.23. The number of aliphatic imine (C=N–C) groups is 1. The van der Waals surface area contributed by atoms with Crippen LogP contribution in [0.25, 0.3) is 0 Å². The molecule has 0 aliphatic heterocycles. The molecule has 0 saturated heterocycles. The Labute approximate surface area is 168 Å². The molecule has 0 aliphatic carbocycles. The minimum absolute atomic E-state index is 0.0581. The maximum absolute atomic E-state index is 12.4. The van der Waals surface area contributed by atoms with Gasteiger partial charge in [-0.2, -0.15) is 13.2 Å². The van der Waals surface area contributed by atoms with Gasteiger partial charge in [0.15, 0.2) is 12.6 Å². The van der Waals surface area contributed by atoms with E-state index in [1.165, 1.54) is 6.20 Å². The Morgan fingerprint density at radius 1 is 1.17 bits per heavy atom. The van der Waals surface area contributed by atoms with Crippen LogP contribution >= 0.6 is 0 Å². The van der Waals surface area contributed by atoms with E-state index in [-0.39, 0.29) is 12.4 Å². The van der Waals surface area contributed by atoms with E-state index in [2.05, 4.69) is 26.7 Å². The van der Waals surface area contributed by atoms with Crippen molar-refractivity contribution in [1.82, 2.24) is 15.6 Å². The van der Waals surface area contributed by atoms with E-state index in [9.17, 15) is 13.2 Å². The van der Waals surface area contributed by atoms with Crippen LogP contribution in [0.15, 0.2) is 41.5 Å². The average Bonchev–Trinajstić information content (AvgIpc) is 2.69. The number of aromatic nitrogens is 1. The molecular formula is C20H25F3N4O2. The molecule has 0 bridgehead atoms. The van der Waals surface area contributed by atoms with Crippen LogP contribution in [-0.4, -0.2) is 44.4 Å². The number of nitrogens with one attached hydrogen (secondary N) is 2. The van der Waals surface area contributed by atoms with Gasteiger partial charge < -0.3 is 20.1 Å². The minimum atomic E-state index is -4.42. The molecule has 2 aromatic rings. The zero-order valence-electron chi connectivity index (χ0n) is 16.6. The largest absolute Gasteiger partial charge is 0.496 e. The fourth-order valence-corrected chi connectivity index (χ4v) is 2.66. The number of guanidine groups is 1. The number of benzene rings is 1. The molecule has 9 heteroatoms. The van der Waals surface area contributed by atoms with Crippen LogP contribution in [-0.2, 0) is 13.0 Å². The molecule has 0 aliphatic rings. The van der Waals surface area contributed by atoms with Crippen LogP contribution in [0.3, 0.4) is 0 Å². The van der Waals surface area contributed by atoms with E-state index >= 15 is 0 Å². The molecule has 2 rings (SSSR count). The van der Waals surface area contributed by atoms with Gasteiger partial charge in [-0.1, -0.05) is 23.8 Å². The van der Waals surface area contributed by atoms with Crippen molar-refractivity contribution in [1.29, 1.82) is 0 Å². The van der Waals surface area contributed by atoms with Crippen molar-refractivity contribution in [2.45, 2.75) is 26.1 Å². The maximum Gasteiger partial charge on any atom is 0.422 e. The molecular weight excluding hydrogens is 385 g/mol. The van der Waals surface area contributed by atoms with Crippen LogP contribution in [0.4, 0.5) is 13.2 Å². The molecule has 0 atom stereocenters. The summed E-state index contributed by atoms with van der Waals surface area (Å²) in [6.07, 6.45) is -2.31. The first-order valence-electron chi connectivity index (χ1n) is 9.04. The molecule has 0 unspecified atom stereocenters. The number of methoxy groups -OCH3 is 1. The van der Waals surface area contributed by atoms with Gasteiger partial charge in [-0.15, -0.1) is 0 Å². The summed E-state index contributed by atoms with van der Waals surface area (Å²) in [7, 11) is 3.25. The van der Waals surface area contributed by atoms with Crippen LogP contribution in [0.5, 0.6) is 11.6 Å². The van der Waals surface area contributed by atoms with Gasteiger partial charge in [0.05, 0.1) is 7.11 Å². The first-order valence-corrected chi connectivity index (χ1v) is 9.04. The van der Waals surface area contributed by atoms with Crippen molar-refractivity contribution in [3.63, 3.8) is 0 Å². The number of alkyl halides is 3. The lowest BCUT2D eigenvalue weighted by Gasteiger charge is -2.15. The molecule has 0 amide bonds. The summed E-state index contributed by atoms with van der Waals surface area (Å²) < 4.78 is 47.3. The predicted molar refractivity (Wildman–Crippen MR) is 105 cm³/mol. The number of rotatable bonds is 8. The Hall–Kier alpha value is -2.97. The third-order valence-corrected chi connectivity index (χ3v) is 4.02. The van der Waals surface area contributed by atoms with Crippen LogP contribution in [0.1, 0.15) is 16.7 Å². The Morgan fingerprint density at radius 2 is 1.97 bits per heavy atom. The Bertz CT molecular complexity index is 826. The second-order valence-corrected chi connectivity index (χ2v) is 6.29. The second-order valence-electron chi connectivity index (χ2n) is 6.29. The van der Waals surface area contributed by atoms with Crippen LogP contribution in [0.2, 0.25) is 0 Å². The van der Waals surface area contributed by atoms with E-state index in [1.54, 1.807) is 26.3 Å². The summed E-state index contributed by atoms with van der Waals surface area (Å²) in [4.78, 5) is 8.01. The van der Waals surface area contributed by atoms with Gasteiger partial charge in [0.2, 0.25) is 5.88 Å². The van der Waals surface area contributed by atoms with Gasteiger partial charge in [0, 0.05) is 31.9 Å². The molecule has 2 N–H and O–H groups in total. The number of halogens is 3. The van der Waals surface area contributed by atoms with E-state index in [4.69, 9.17) is 9.47 Å². The molecule has 6 nitrogen and oxygen atoms in total. The summed E-state index contributed by atoms with van der Waals surface area (Å²) in [5.41, 5.74) is 2.72. The number of ether oxygens (including phenoxy) is 2. The van der Waals surface area contributed by atoms with Crippen molar-refractivity contribution in [3.05, 3.63) is 53.2 Å². The number of pyridine rings is 1. The van der Waals surface area contributed by atoms with Crippen LogP contribution < -0.4 is 20.1 Å². The number of hydrogen-bond donors (Lipinski definition) is 2. The Kier molecular flexibility index (Phi) is 8.11. The molecule has 1 aromatic carbocycles. The lowest BCUT2D eigenvalue weighted by atomic mass is 10.1. The number of nitrogens with zero attached hydrogens (tertiary/aromatic N) is 2. The average molecular weight is 410 g/mol. The minimum Gasteiger partial charge on any atom is -0.496 e. The summed E-state index contributed by atoms with van der Waals surface area (Å²) in [6, 6.07) is 9.27. The molecule has 29 heavy (non-hydrogen) atoms. The first kappa shape index (κ1) is 22.3. The first-order chi connectivity index (χ1) is 13.8. The number of aryl methyl sites for hydroxylation is 1. The standard InChI is InChI=1S/C20H25F3N4O2/c1-14-6-7-17(28-3)15(11-14)8-10-26-19(24-2)27-12-16-5-4-9-25-18(16)29-13-20(21,22)23/h4-7,9,11H,8,10,12-13H2,1-3H3,(H2,24,26,27). The quantitative estimate of drug-likeness (QED) is 0.517. The molecule has 0 saturated carbocycles. The van der Waals surface area contributed by atoms with E-state index in [0.29, 0.717) is 18.1 Å². The zero-order chi connectivity index (χ0) is 21.3. The van der Waals surface area contributed by atoms with Crippen molar-refractivity contribution < 1.29 is 22.6 Å². The monoisotopic (exact) mass is 410 g/mol. The topological polar surface area (TPSA) is 67.8 Å². The highest BCUT2D eigenvalue weighted by Gasteiger charge is 2.29. The van der Waals surface area contributed by atoms with Crippen molar-refractivity contribution in [2.24, 2.45) is 4.99 Å². The second kappa shape index (κ2) is 10.5. The van der Waals surface area contributed by atoms with Crippen molar-refractivity contribution in [2.75, 3.05) is 27.3 Å². The molecule has 1 heterocycles. The van der Waals surface area contributed by atoms with Crippen molar-refractivity contribution >= 4 is 5.96 Å². The van der Waals surface area contributed by atoms with Gasteiger partial charge >= 0.3 is 6.18 Å². The fourth-order valence-electron chi connectivity index (χ4n) is 2.66. The molecule has 158 valence electrons. The smallest absolute Gasteiger partial charge is 0.422 e. The summed E-state index contributed by atoms with van der Waals surface area (Å²) >= 11 is 0. The SMILES string of the molecule is CN=C(NCCc1cc(C)ccc1OC)NCc1cccnc1OCC(F)(F)F. The number of hydrogen-bond acceptors (Lipinski definition) is 4. The third-order valence-electron chi connectivity index (χ3n) is 4.02. The molecule has 1 aromatic heterocycles. The van der Waals surface area contributed by atoms with Gasteiger partial charge in [0.25, 0.3) is 0 Å². The highest BCUT2D eigenvalue weighted by molar-refractivity contribution is 5.79. The van der Waals surface area contributed by atoms with Crippen molar-refractivity contribution in [3.8, 4) is 11.6 Å². The Morgan fingerprint density at radius 3 is 2.66 bits per heavy atom. The van der Waals surface area contributed by atoms with Gasteiger partial charge in [-0.05, 0) is 31.0 Å². The Balaban J connectivity index is 1.89. The lowest BCUT2D eigenvalue weighted by Crippen LogP contribution is -2.38. The molecule has 0 spiro atoms. The third kappa shape index (κ3) is 7.52. The lowest BCUT2D eigenvalue weighted by molar-refractivity contribution is -0.154. The van der Waals surface area contributed by atoms with E-state index < -0.39 is 12.8 Å². The molecule has 0 radical (unpaired) electrons. The predicted octanol–water partition coefficient (Wildman–Crippen LogP) is 3.25. The maximum atomic E-state index is 12.4. The highest BCUT2D eigenvalue weighted by atomic mass is 19.4. The molecule has 0 fully saturated rings. The van der Waals surface area contributed by atoms with Gasteiger partial charge in [-0.3, -0.25) is 4.99 Å². The zero-order valence-corrected chi connectivity index (χ0v) is 16.6.